The van der Waals surface area contributed by atoms with Gasteiger partial charge >= 0.3 is 12.1 Å². The van der Waals surface area contributed by atoms with Crippen molar-refractivity contribution < 1.29 is 29.0 Å². The number of aromatic nitrogens is 1. The average Bonchev–Trinajstić information content (AvgIpc) is 3.46. The van der Waals surface area contributed by atoms with E-state index < -0.39 is 30.1 Å². The fourth-order valence-corrected chi connectivity index (χ4v) is 4.65. The number of benzene rings is 2. The van der Waals surface area contributed by atoms with Crippen LogP contribution in [-0.4, -0.2) is 53.4 Å². The van der Waals surface area contributed by atoms with E-state index in [2.05, 4.69) is 27.8 Å². The Bertz CT molecular complexity index is 1250. The van der Waals surface area contributed by atoms with Crippen molar-refractivity contribution >= 4 is 23.7 Å². The summed E-state index contributed by atoms with van der Waals surface area (Å²) >= 11 is 0. The molecule has 9 heteroatoms. The fraction of sp³-hybridized carbons (Fsp3) is 0.231. The highest BCUT2D eigenvalue weighted by Gasteiger charge is 2.36. The lowest BCUT2D eigenvalue weighted by Gasteiger charge is -2.18. The van der Waals surface area contributed by atoms with Crippen LogP contribution >= 0.6 is 0 Å². The number of amides is 2. The normalized spacial score (nSPS) is 18.4. The molecule has 1 aliphatic carbocycles. The maximum absolute atomic E-state index is 12.8. The summed E-state index contributed by atoms with van der Waals surface area (Å²) in [5.74, 6) is -1.85. The number of fused-ring (bicyclic) bond motifs is 3. The second-order valence-electron chi connectivity index (χ2n) is 8.35. The van der Waals surface area contributed by atoms with Gasteiger partial charge < -0.3 is 19.9 Å². The largest absolute Gasteiger partial charge is 0.479 e. The molecule has 178 valence electrons. The van der Waals surface area contributed by atoms with Gasteiger partial charge in [0.1, 0.15) is 6.61 Å². The van der Waals surface area contributed by atoms with Gasteiger partial charge in [-0.3, -0.25) is 10.1 Å². The number of ether oxygens (including phenoxy) is 2. The van der Waals surface area contributed by atoms with Crippen molar-refractivity contribution in [3.8, 4) is 11.1 Å². The van der Waals surface area contributed by atoms with Gasteiger partial charge in [0, 0.05) is 18.7 Å². The number of anilines is 1. The van der Waals surface area contributed by atoms with Gasteiger partial charge in [-0.05, 0) is 40.8 Å². The van der Waals surface area contributed by atoms with Gasteiger partial charge in [-0.1, -0.05) is 48.5 Å². The molecule has 9 nitrogen and oxygen atoms in total. The van der Waals surface area contributed by atoms with E-state index in [1.807, 2.05) is 36.4 Å². The molecular formula is C26H23N3O6. The summed E-state index contributed by atoms with van der Waals surface area (Å²) in [6.45, 7) is 0.357. The number of aliphatic carboxylic acids is 1. The molecule has 5 rings (SSSR count). The van der Waals surface area contributed by atoms with Crippen LogP contribution in [0.2, 0.25) is 0 Å². The molecule has 2 atom stereocenters. The van der Waals surface area contributed by atoms with E-state index in [1.165, 1.54) is 12.3 Å². The summed E-state index contributed by atoms with van der Waals surface area (Å²) in [5.41, 5.74) is 4.55. The van der Waals surface area contributed by atoms with Gasteiger partial charge in [0.2, 0.25) is 0 Å². The smallest absolute Gasteiger partial charge is 0.411 e. The van der Waals surface area contributed by atoms with Gasteiger partial charge in [0.25, 0.3) is 5.91 Å². The summed E-state index contributed by atoms with van der Waals surface area (Å²) in [6.07, 6.45) is -0.0646. The molecule has 2 aliphatic rings. The molecule has 1 aliphatic heterocycles. The number of nitrogens with zero attached hydrogens (tertiary/aromatic N) is 1. The first kappa shape index (κ1) is 22.5. The Morgan fingerprint density at radius 1 is 1.00 bits per heavy atom. The average molecular weight is 473 g/mol. The standard InChI is InChI=1S/C26H23N3O6/c30-24(28-21-11-13-34-23(21)25(31)32)22-20(10-5-12-27-22)29-26(33)35-14-19-17-8-3-1-6-15(17)16-7-2-4-9-18(16)19/h1-10,12,19,21,23H,11,13-14H2,(H,28,30)(H,29,33)(H,31,32)/t21-,23+/m0/s1. The van der Waals surface area contributed by atoms with E-state index in [0.29, 0.717) is 6.42 Å². The molecule has 0 unspecified atom stereocenters. The lowest BCUT2D eigenvalue weighted by Crippen LogP contribution is -2.44. The molecular weight excluding hydrogens is 450 g/mol. The van der Waals surface area contributed by atoms with Gasteiger partial charge in [-0.2, -0.15) is 0 Å². The third-order valence-corrected chi connectivity index (χ3v) is 6.25. The zero-order valence-corrected chi connectivity index (χ0v) is 18.6. The van der Waals surface area contributed by atoms with E-state index in [1.54, 1.807) is 6.07 Å². The first-order valence-electron chi connectivity index (χ1n) is 11.2. The lowest BCUT2D eigenvalue weighted by molar-refractivity contribution is -0.148. The number of carbonyl (C=O) groups is 3. The van der Waals surface area contributed by atoms with Gasteiger partial charge in [0.05, 0.1) is 11.7 Å². The van der Waals surface area contributed by atoms with Crippen molar-refractivity contribution in [2.75, 3.05) is 18.5 Å². The minimum Gasteiger partial charge on any atom is -0.479 e. The Kier molecular flexibility index (Phi) is 6.15. The highest BCUT2D eigenvalue weighted by molar-refractivity contribution is 6.01. The molecule has 2 amide bonds. The Labute approximate surface area is 201 Å². The summed E-state index contributed by atoms with van der Waals surface area (Å²) < 4.78 is 10.7. The number of carbonyl (C=O) groups excluding carboxylic acids is 2. The maximum Gasteiger partial charge on any atom is 0.411 e. The van der Waals surface area contributed by atoms with E-state index in [0.717, 1.165) is 22.3 Å². The van der Waals surface area contributed by atoms with Crippen LogP contribution in [-0.2, 0) is 14.3 Å². The van der Waals surface area contributed by atoms with E-state index in [-0.39, 0.29) is 30.5 Å². The summed E-state index contributed by atoms with van der Waals surface area (Å²) in [6, 6.07) is 18.5. The summed E-state index contributed by atoms with van der Waals surface area (Å²) in [4.78, 5) is 40.8. The molecule has 0 bridgehead atoms. The van der Waals surface area contributed by atoms with Crippen molar-refractivity contribution in [2.24, 2.45) is 0 Å². The zero-order chi connectivity index (χ0) is 24.4. The number of pyridine rings is 1. The summed E-state index contributed by atoms with van der Waals surface area (Å²) in [5, 5.41) is 14.5. The molecule has 35 heavy (non-hydrogen) atoms. The maximum atomic E-state index is 12.8. The number of rotatable bonds is 6. The number of carboxylic acids is 1. The van der Waals surface area contributed by atoms with Crippen molar-refractivity contribution in [1.29, 1.82) is 0 Å². The molecule has 0 spiro atoms. The van der Waals surface area contributed by atoms with Crippen LogP contribution in [0.3, 0.4) is 0 Å². The van der Waals surface area contributed by atoms with Crippen molar-refractivity contribution in [3.63, 3.8) is 0 Å². The zero-order valence-electron chi connectivity index (χ0n) is 18.6. The topological polar surface area (TPSA) is 127 Å². The van der Waals surface area contributed by atoms with Gasteiger partial charge in [0.15, 0.2) is 11.8 Å². The highest BCUT2D eigenvalue weighted by Crippen LogP contribution is 2.44. The Morgan fingerprint density at radius 2 is 1.69 bits per heavy atom. The Hall–Kier alpha value is -4.24. The van der Waals surface area contributed by atoms with E-state index in [9.17, 15) is 19.5 Å². The number of nitrogens with one attached hydrogen (secondary N) is 2. The molecule has 1 fully saturated rings. The van der Waals surface area contributed by atoms with Crippen LogP contribution in [0.15, 0.2) is 66.9 Å². The minimum atomic E-state index is -1.15. The van der Waals surface area contributed by atoms with Gasteiger partial charge in [-0.15, -0.1) is 0 Å². The third-order valence-electron chi connectivity index (χ3n) is 6.25. The summed E-state index contributed by atoms with van der Waals surface area (Å²) in [7, 11) is 0. The number of hydrogen-bond acceptors (Lipinski definition) is 6. The fourth-order valence-electron chi connectivity index (χ4n) is 4.65. The second kappa shape index (κ2) is 9.55. The van der Waals surface area contributed by atoms with Crippen LogP contribution in [0, 0.1) is 0 Å². The van der Waals surface area contributed by atoms with Crippen LogP contribution in [0.5, 0.6) is 0 Å². The first-order chi connectivity index (χ1) is 17.0. The number of carboxylic acid groups (broad SMARTS) is 1. The van der Waals surface area contributed by atoms with Gasteiger partial charge in [-0.25, -0.2) is 14.6 Å². The van der Waals surface area contributed by atoms with Crippen LogP contribution in [0.4, 0.5) is 10.5 Å². The molecule has 2 heterocycles. The van der Waals surface area contributed by atoms with Crippen LogP contribution in [0.25, 0.3) is 11.1 Å². The monoisotopic (exact) mass is 473 g/mol. The molecule has 1 saturated heterocycles. The Balaban J connectivity index is 1.26. The molecule has 0 saturated carbocycles. The molecule has 2 aromatic carbocycles. The molecule has 1 aromatic heterocycles. The third kappa shape index (κ3) is 4.45. The van der Waals surface area contributed by atoms with E-state index in [4.69, 9.17) is 9.47 Å². The molecule has 3 N–H and O–H groups in total. The quantitative estimate of drug-likeness (QED) is 0.501. The highest BCUT2D eigenvalue weighted by atomic mass is 16.5. The second-order valence-corrected chi connectivity index (χ2v) is 8.35. The Morgan fingerprint density at radius 3 is 2.37 bits per heavy atom. The van der Waals surface area contributed by atoms with Crippen molar-refractivity contribution in [1.82, 2.24) is 10.3 Å². The van der Waals surface area contributed by atoms with Crippen molar-refractivity contribution in [2.45, 2.75) is 24.5 Å². The molecule has 3 aromatic rings. The first-order valence-corrected chi connectivity index (χ1v) is 11.2. The number of hydrogen-bond donors (Lipinski definition) is 3. The predicted molar refractivity (Wildman–Crippen MR) is 126 cm³/mol. The van der Waals surface area contributed by atoms with Crippen LogP contribution < -0.4 is 10.6 Å². The molecule has 0 radical (unpaired) electrons. The SMILES string of the molecule is O=C(Nc1cccnc1C(=O)N[C@H]1CCO[C@H]1C(=O)O)OCC1c2ccccc2-c2ccccc21. The minimum absolute atomic E-state index is 0.0444. The predicted octanol–water partition coefficient (Wildman–Crippen LogP) is 3.41. The lowest BCUT2D eigenvalue weighted by atomic mass is 9.98. The van der Waals surface area contributed by atoms with Crippen molar-refractivity contribution in [3.05, 3.63) is 83.7 Å². The van der Waals surface area contributed by atoms with E-state index >= 15 is 0 Å². The van der Waals surface area contributed by atoms with Crippen LogP contribution in [0.1, 0.15) is 34.0 Å².